The summed E-state index contributed by atoms with van der Waals surface area (Å²) in [5.74, 6) is 1.69. The molecule has 7 nitrogen and oxygen atoms in total. The van der Waals surface area contributed by atoms with Gasteiger partial charge >= 0.3 is 6.01 Å². The number of methoxy groups -OCH3 is 1. The molecule has 2 aromatic carbocycles. The second-order valence-corrected chi connectivity index (χ2v) is 11.0. The molecule has 2 fully saturated rings. The number of hydrogen-bond donors (Lipinski definition) is 1. The number of nitrogens with zero attached hydrogens (tertiary/aromatic N) is 5. The summed E-state index contributed by atoms with van der Waals surface area (Å²) in [6.45, 7) is 9.39. The zero-order valence-corrected chi connectivity index (χ0v) is 23.5. The summed E-state index contributed by atoms with van der Waals surface area (Å²) in [7, 11) is 3.83. The molecule has 38 heavy (non-hydrogen) atoms. The van der Waals surface area contributed by atoms with Gasteiger partial charge in [-0.15, -0.1) is 0 Å². The van der Waals surface area contributed by atoms with Crippen LogP contribution in [0.2, 0.25) is 0 Å². The van der Waals surface area contributed by atoms with Crippen LogP contribution in [0.5, 0.6) is 6.01 Å². The van der Waals surface area contributed by atoms with E-state index in [0.29, 0.717) is 11.9 Å². The Morgan fingerprint density at radius 2 is 1.68 bits per heavy atom. The molecule has 1 aromatic heterocycles. The highest BCUT2D eigenvalue weighted by Crippen LogP contribution is 2.36. The van der Waals surface area contributed by atoms with E-state index in [1.807, 2.05) is 0 Å². The van der Waals surface area contributed by atoms with Crippen molar-refractivity contribution in [3.05, 3.63) is 53.2 Å². The number of anilines is 2. The van der Waals surface area contributed by atoms with E-state index < -0.39 is 0 Å². The van der Waals surface area contributed by atoms with Crippen molar-refractivity contribution >= 4 is 22.3 Å². The number of ether oxygens (including phenoxy) is 1. The zero-order valence-electron chi connectivity index (χ0n) is 23.5. The Hall–Kier alpha value is -2.90. The molecule has 0 aliphatic carbocycles. The van der Waals surface area contributed by atoms with E-state index in [0.717, 1.165) is 69.9 Å². The summed E-state index contributed by atoms with van der Waals surface area (Å²) in [5, 5.41) is 2.67. The number of piperidine rings is 1. The van der Waals surface area contributed by atoms with Gasteiger partial charge in [0.05, 0.1) is 19.3 Å². The molecule has 3 aliphatic rings. The van der Waals surface area contributed by atoms with Crippen molar-refractivity contribution in [3.63, 3.8) is 0 Å². The third kappa shape index (κ3) is 5.74. The van der Waals surface area contributed by atoms with Crippen LogP contribution >= 0.6 is 0 Å². The SMILES string of the molecule is CCc1cccc2cccc(N3CCc4c(nc(OC)nc4N4CCC(CN)CC4)C3)c12.CN1CCCC1. The molecule has 0 unspecified atom stereocenters. The van der Waals surface area contributed by atoms with Gasteiger partial charge in [0.1, 0.15) is 5.82 Å². The van der Waals surface area contributed by atoms with E-state index >= 15 is 0 Å². The van der Waals surface area contributed by atoms with Crippen LogP contribution in [0.3, 0.4) is 0 Å². The highest BCUT2D eigenvalue weighted by atomic mass is 16.5. The predicted molar refractivity (Wildman–Crippen MR) is 157 cm³/mol. The number of aryl methyl sites for hydroxylation is 1. The summed E-state index contributed by atoms with van der Waals surface area (Å²) in [4.78, 5) is 16.8. The molecule has 0 spiro atoms. The van der Waals surface area contributed by atoms with Gasteiger partial charge in [-0.05, 0) is 88.1 Å². The predicted octanol–water partition coefficient (Wildman–Crippen LogP) is 4.65. The van der Waals surface area contributed by atoms with Crippen molar-refractivity contribution < 1.29 is 4.74 Å². The molecule has 2 saturated heterocycles. The number of benzene rings is 2. The van der Waals surface area contributed by atoms with E-state index in [2.05, 4.69) is 65.1 Å². The summed E-state index contributed by atoms with van der Waals surface area (Å²) in [6.07, 6.45) is 7.04. The van der Waals surface area contributed by atoms with Gasteiger partial charge in [0.2, 0.25) is 0 Å². The molecule has 0 bridgehead atoms. The van der Waals surface area contributed by atoms with Crippen LogP contribution in [0.25, 0.3) is 10.8 Å². The minimum Gasteiger partial charge on any atom is -0.467 e. The maximum atomic E-state index is 5.90. The first-order chi connectivity index (χ1) is 18.6. The fourth-order valence-electron chi connectivity index (χ4n) is 6.16. The van der Waals surface area contributed by atoms with Crippen molar-refractivity contribution in [2.24, 2.45) is 11.7 Å². The van der Waals surface area contributed by atoms with Gasteiger partial charge in [0, 0.05) is 36.3 Å². The number of rotatable bonds is 5. The van der Waals surface area contributed by atoms with Crippen LogP contribution in [0.15, 0.2) is 36.4 Å². The van der Waals surface area contributed by atoms with Gasteiger partial charge in [-0.3, -0.25) is 0 Å². The number of nitrogens with two attached hydrogens (primary N) is 1. The van der Waals surface area contributed by atoms with Crippen LogP contribution in [0.1, 0.15) is 49.4 Å². The Kier molecular flexibility index (Phi) is 8.65. The third-order valence-electron chi connectivity index (χ3n) is 8.47. The Balaban J connectivity index is 0.000000433. The van der Waals surface area contributed by atoms with Crippen molar-refractivity contribution in [1.82, 2.24) is 14.9 Å². The lowest BCUT2D eigenvalue weighted by Gasteiger charge is -2.37. The molecule has 0 saturated carbocycles. The first-order valence-electron chi connectivity index (χ1n) is 14.4. The molecule has 7 heteroatoms. The fourth-order valence-corrected chi connectivity index (χ4v) is 6.16. The molecule has 0 atom stereocenters. The normalized spacial score (nSPS) is 18.3. The van der Waals surface area contributed by atoms with E-state index in [1.165, 1.54) is 53.5 Å². The fraction of sp³-hybridized carbons (Fsp3) is 0.548. The molecule has 6 rings (SSSR count). The first-order valence-corrected chi connectivity index (χ1v) is 14.4. The van der Waals surface area contributed by atoms with Crippen LogP contribution in [-0.4, -0.2) is 68.3 Å². The minimum atomic E-state index is 0.466. The van der Waals surface area contributed by atoms with Gasteiger partial charge in [0.25, 0.3) is 0 Å². The van der Waals surface area contributed by atoms with Crippen molar-refractivity contribution in [3.8, 4) is 6.01 Å². The molecule has 0 radical (unpaired) electrons. The molecule has 3 aliphatic heterocycles. The highest BCUT2D eigenvalue weighted by Gasteiger charge is 2.28. The van der Waals surface area contributed by atoms with Gasteiger partial charge < -0.3 is 25.2 Å². The quantitative estimate of drug-likeness (QED) is 0.529. The van der Waals surface area contributed by atoms with Crippen LogP contribution in [0.4, 0.5) is 11.5 Å². The van der Waals surface area contributed by atoms with Crippen LogP contribution in [0, 0.1) is 5.92 Å². The van der Waals surface area contributed by atoms with Gasteiger partial charge in [-0.25, -0.2) is 0 Å². The molecular formula is C31H44N6O. The Morgan fingerprint density at radius 1 is 0.947 bits per heavy atom. The Labute approximate surface area is 228 Å². The maximum absolute atomic E-state index is 5.90. The number of fused-ring (bicyclic) bond motifs is 2. The monoisotopic (exact) mass is 516 g/mol. The van der Waals surface area contributed by atoms with Crippen molar-refractivity contribution in [2.45, 2.75) is 52.0 Å². The van der Waals surface area contributed by atoms with E-state index in [9.17, 15) is 0 Å². The van der Waals surface area contributed by atoms with Gasteiger partial charge in [-0.1, -0.05) is 37.3 Å². The molecule has 204 valence electrons. The van der Waals surface area contributed by atoms with Crippen LogP contribution in [-0.2, 0) is 19.4 Å². The Morgan fingerprint density at radius 3 is 2.32 bits per heavy atom. The number of hydrogen-bond acceptors (Lipinski definition) is 7. The number of aromatic nitrogens is 2. The van der Waals surface area contributed by atoms with E-state index in [-0.39, 0.29) is 0 Å². The zero-order chi connectivity index (χ0) is 26.5. The van der Waals surface area contributed by atoms with Crippen molar-refractivity contribution in [1.29, 1.82) is 0 Å². The molecule has 2 N–H and O–H groups in total. The number of likely N-dealkylation sites (tertiary alicyclic amines) is 1. The minimum absolute atomic E-state index is 0.466. The lowest BCUT2D eigenvalue weighted by atomic mass is 9.95. The van der Waals surface area contributed by atoms with Gasteiger partial charge in [-0.2, -0.15) is 9.97 Å². The molecule has 3 aromatic rings. The van der Waals surface area contributed by atoms with Crippen molar-refractivity contribution in [2.75, 3.05) is 63.2 Å². The summed E-state index contributed by atoms with van der Waals surface area (Å²) in [6, 6.07) is 13.7. The van der Waals surface area contributed by atoms with Gasteiger partial charge in [0.15, 0.2) is 0 Å². The molecule has 4 heterocycles. The standard InChI is InChI=1S/C26H33N5O.C5H11N/c1-3-19-6-4-7-20-8-5-9-23(24(19)20)31-15-12-21-22(17-31)28-26(32-2)29-25(21)30-13-10-18(16-27)11-14-30;1-6-4-2-3-5-6/h4-9,18H,3,10-17,27H2,1-2H3;2-5H2,1H3. The van der Waals surface area contributed by atoms with E-state index in [1.54, 1.807) is 7.11 Å². The average molecular weight is 517 g/mol. The summed E-state index contributed by atoms with van der Waals surface area (Å²) in [5.41, 5.74) is 11.0. The average Bonchev–Trinajstić information content (AvgIpc) is 3.46. The van der Waals surface area contributed by atoms with Crippen LogP contribution < -0.4 is 20.3 Å². The lowest BCUT2D eigenvalue weighted by Crippen LogP contribution is -2.39. The highest BCUT2D eigenvalue weighted by molar-refractivity contribution is 5.97. The maximum Gasteiger partial charge on any atom is 0.318 e. The second-order valence-electron chi connectivity index (χ2n) is 11.0. The Bertz CT molecular complexity index is 1210. The van der Waals surface area contributed by atoms with E-state index in [4.69, 9.17) is 20.4 Å². The molecular weight excluding hydrogens is 472 g/mol. The second kappa shape index (κ2) is 12.3. The largest absolute Gasteiger partial charge is 0.467 e. The molecule has 0 amide bonds. The smallest absolute Gasteiger partial charge is 0.318 e. The summed E-state index contributed by atoms with van der Waals surface area (Å²) >= 11 is 0. The topological polar surface area (TPSA) is 70.8 Å². The first kappa shape index (κ1) is 26.7. The lowest BCUT2D eigenvalue weighted by molar-refractivity contribution is 0.373. The third-order valence-corrected chi connectivity index (χ3v) is 8.47. The summed E-state index contributed by atoms with van der Waals surface area (Å²) < 4.78 is 5.51.